The fourth-order valence-corrected chi connectivity index (χ4v) is 5.08. The number of anilines is 1. The number of aromatic nitrogens is 3. The molecular formula is C23H29N4O9P. The van der Waals surface area contributed by atoms with Gasteiger partial charge in [-0.3, -0.25) is 13.9 Å². The number of nitrogen functional groups attached to an aromatic ring is 1. The zero-order valence-electron chi connectivity index (χ0n) is 22.3. The summed E-state index contributed by atoms with van der Waals surface area (Å²) >= 11 is 0. The molecule has 1 aromatic carbocycles. The van der Waals surface area contributed by atoms with E-state index >= 15 is 0 Å². The highest BCUT2D eigenvalue weighted by atomic mass is 31.2. The lowest BCUT2D eigenvalue weighted by molar-refractivity contribution is -0.151. The lowest BCUT2D eigenvalue weighted by atomic mass is 9.95. The van der Waals surface area contributed by atoms with Gasteiger partial charge in [-0.15, -0.1) is 6.42 Å². The minimum absolute atomic E-state index is 0.0394. The van der Waals surface area contributed by atoms with Crippen LogP contribution in [0.2, 0.25) is 0 Å². The number of terminal acetylenes is 1. The van der Waals surface area contributed by atoms with Gasteiger partial charge < -0.3 is 29.9 Å². The van der Waals surface area contributed by atoms with Gasteiger partial charge in [-0.25, -0.2) is 14.3 Å². The van der Waals surface area contributed by atoms with Crippen molar-refractivity contribution in [3.8, 4) is 18.1 Å². The fraction of sp³-hybridized carbons (Fsp3) is 0.478. The molecule has 0 spiro atoms. The van der Waals surface area contributed by atoms with E-state index in [0.29, 0.717) is 4.57 Å². The largest absolute Gasteiger partial charge is 0.463 e. The summed E-state index contributed by atoms with van der Waals surface area (Å²) in [5.74, 6) is -0.241. The third-order valence-corrected chi connectivity index (χ3v) is 7.03. The molecule has 37 heavy (non-hydrogen) atoms. The van der Waals surface area contributed by atoms with Crippen LogP contribution in [0.5, 0.6) is 5.75 Å². The lowest BCUT2D eigenvalue weighted by Crippen LogP contribution is -2.47. The highest BCUT2D eigenvalue weighted by molar-refractivity contribution is 7.54. The molecule has 2 aromatic rings. The van der Waals surface area contributed by atoms with Gasteiger partial charge in [-0.05, 0) is 26.0 Å². The summed E-state index contributed by atoms with van der Waals surface area (Å²) in [6, 6.07) is 7.67. The molecule has 2 heterocycles. The van der Waals surface area contributed by atoms with Crippen LogP contribution in [0.3, 0.4) is 0 Å². The first-order chi connectivity index (χ1) is 18.1. The van der Waals surface area contributed by atoms with Crippen molar-refractivity contribution in [2.75, 3.05) is 18.5 Å². The summed E-state index contributed by atoms with van der Waals surface area (Å²) < 4.78 is 53.0. The van der Waals surface area contributed by atoms with Crippen molar-refractivity contribution in [1.29, 1.82) is 0 Å². The smallest absolute Gasteiger partial charge is 0.380 e. The van der Waals surface area contributed by atoms with Crippen molar-refractivity contribution < 1.29 is 40.8 Å². The number of ether oxygens (including phenoxy) is 2. The van der Waals surface area contributed by atoms with Gasteiger partial charge in [0.1, 0.15) is 24.3 Å². The predicted molar refractivity (Wildman–Crippen MR) is 130 cm³/mol. The number of carbonyl (C=O) groups is 1. The molecule has 0 aliphatic carbocycles. The Morgan fingerprint density at radius 1 is 1.41 bits per heavy atom. The normalized spacial score (nSPS) is 26.9. The Balaban J connectivity index is 1.96. The molecule has 0 saturated carbocycles. The number of aliphatic hydroxyl groups excluding tert-OH is 1. The highest BCUT2D eigenvalue weighted by Crippen LogP contribution is 2.51. The zero-order chi connectivity index (χ0) is 29.2. The number of rotatable bonds is 10. The molecule has 1 aliphatic rings. The van der Waals surface area contributed by atoms with Gasteiger partial charge in [0.25, 0.3) is 0 Å². The quantitative estimate of drug-likeness (QED) is 0.219. The summed E-state index contributed by atoms with van der Waals surface area (Å²) in [5, 5.41) is 21.9. The average Bonchev–Trinajstić information content (AvgIpc) is 3.10. The second-order valence-corrected chi connectivity index (χ2v) is 10.5. The van der Waals surface area contributed by atoms with Crippen LogP contribution in [0.15, 0.2) is 41.5 Å². The molecule has 200 valence electrons. The Morgan fingerprint density at radius 3 is 2.68 bits per heavy atom. The Labute approximate surface area is 215 Å². The number of hydrogen-bond acceptors (Lipinski definition) is 12. The maximum Gasteiger partial charge on any atom is 0.380 e. The van der Waals surface area contributed by atoms with E-state index in [4.69, 9.17) is 33.4 Å². The van der Waals surface area contributed by atoms with Crippen LogP contribution in [0.4, 0.5) is 5.95 Å². The Hall–Kier alpha value is -3.27. The number of esters is 1. The van der Waals surface area contributed by atoms with Crippen molar-refractivity contribution in [1.82, 2.24) is 14.5 Å². The van der Waals surface area contributed by atoms with Gasteiger partial charge in [0.2, 0.25) is 5.95 Å². The monoisotopic (exact) mass is 538 g/mol. The Kier molecular flexibility index (Phi) is 7.83. The van der Waals surface area contributed by atoms with E-state index in [2.05, 4.69) is 9.97 Å². The molecule has 6 atom stereocenters. The van der Waals surface area contributed by atoms with Gasteiger partial charge in [-0.1, -0.05) is 31.0 Å². The molecule has 1 saturated heterocycles. The second-order valence-electron chi connectivity index (χ2n) is 8.52. The Bertz CT molecular complexity index is 1340. The Morgan fingerprint density at radius 2 is 2.08 bits per heavy atom. The number of carbonyl (C=O) groups excluding carboxylic acids is 1. The van der Waals surface area contributed by atoms with E-state index in [1.807, 2.05) is 5.92 Å². The van der Waals surface area contributed by atoms with Crippen LogP contribution in [0, 0.1) is 18.3 Å². The number of benzene rings is 1. The molecule has 0 radical (unpaired) electrons. The van der Waals surface area contributed by atoms with Crippen molar-refractivity contribution >= 4 is 19.5 Å². The van der Waals surface area contributed by atoms with E-state index in [1.165, 1.54) is 19.1 Å². The molecule has 0 amide bonds. The van der Waals surface area contributed by atoms with Crippen molar-refractivity contribution in [3.63, 3.8) is 0 Å². The third-order valence-electron chi connectivity index (χ3n) is 5.17. The summed E-state index contributed by atoms with van der Waals surface area (Å²) in [4.78, 5) is 31.8. The van der Waals surface area contributed by atoms with Gasteiger partial charge in [-0.2, -0.15) is 4.98 Å². The molecule has 13 nitrogen and oxygen atoms in total. The molecule has 1 aliphatic heterocycles. The maximum absolute atomic E-state index is 13.9. The van der Waals surface area contributed by atoms with Gasteiger partial charge in [0.15, 0.2) is 11.8 Å². The standard InChI is InChI=1S/C23H29N4O9P/c1-5-23(31)18(28)17(35-20(23)27-13-25-21(24)26-22(27)30)11-33-37(32,36-16-9-7-6-8-10-16)12-15(4)19(29)34-14(2)3/h1,6-10,13-15,17-18,20,28,31H,11-12H2,2-4H3,(H2,24,26,30)/t15-,17-,18+,20-,23?,37+/m1/s1/i11D2. The van der Waals surface area contributed by atoms with Crippen LogP contribution in [0.1, 0.15) is 29.7 Å². The molecule has 0 bridgehead atoms. The molecular weight excluding hydrogens is 507 g/mol. The molecule has 1 aromatic heterocycles. The summed E-state index contributed by atoms with van der Waals surface area (Å²) in [5.41, 5.74) is 1.64. The van der Waals surface area contributed by atoms with E-state index in [9.17, 15) is 24.4 Å². The van der Waals surface area contributed by atoms with Crippen LogP contribution < -0.4 is 15.9 Å². The van der Waals surface area contributed by atoms with E-state index in [-0.39, 0.29) is 5.75 Å². The SMILES string of the molecule is [2H]C([2H])(O[P@@](=O)(C[C@@H](C)C(=O)OC(C)C)Oc1ccccc1)[C@H]1O[C@@H](n2cnc(N)nc2=O)C(O)(C#C)[C@H]1O. The second kappa shape index (κ2) is 11.4. The maximum atomic E-state index is 13.9. The minimum Gasteiger partial charge on any atom is -0.463 e. The van der Waals surface area contributed by atoms with Crippen molar-refractivity contribution in [2.45, 2.75) is 50.9 Å². The van der Waals surface area contributed by atoms with Gasteiger partial charge >= 0.3 is 19.3 Å². The topological polar surface area (TPSA) is 185 Å². The first-order valence-electron chi connectivity index (χ1n) is 12.1. The molecule has 1 fully saturated rings. The van der Waals surface area contributed by atoms with Crippen LogP contribution in [-0.4, -0.2) is 67.4 Å². The first-order valence-corrected chi connectivity index (χ1v) is 12.8. The summed E-state index contributed by atoms with van der Waals surface area (Å²) in [7, 11) is -4.56. The molecule has 1 unspecified atom stereocenters. The van der Waals surface area contributed by atoms with Crippen molar-refractivity contribution in [2.24, 2.45) is 5.92 Å². The van der Waals surface area contributed by atoms with Crippen LogP contribution in [-0.2, 0) is 23.4 Å². The van der Waals surface area contributed by atoms with E-state index in [0.717, 1.165) is 6.33 Å². The first kappa shape index (κ1) is 25.4. The van der Waals surface area contributed by atoms with Crippen LogP contribution >= 0.6 is 7.60 Å². The molecule has 3 rings (SSSR count). The molecule has 14 heteroatoms. The number of para-hydroxylation sites is 1. The van der Waals surface area contributed by atoms with E-state index in [1.54, 1.807) is 32.0 Å². The third kappa shape index (κ3) is 6.54. The number of nitrogens with zero attached hydrogens (tertiary/aromatic N) is 3. The predicted octanol–water partition coefficient (Wildman–Crippen LogP) is 0.719. The fourth-order valence-electron chi connectivity index (χ4n) is 3.36. The highest BCUT2D eigenvalue weighted by Gasteiger charge is 2.56. The van der Waals surface area contributed by atoms with E-state index < -0.39 is 74.0 Å². The van der Waals surface area contributed by atoms with Crippen molar-refractivity contribution in [3.05, 3.63) is 47.1 Å². The van der Waals surface area contributed by atoms with Crippen LogP contribution in [0.25, 0.3) is 0 Å². The lowest BCUT2D eigenvalue weighted by Gasteiger charge is -2.26. The number of hydrogen-bond donors (Lipinski definition) is 3. The zero-order valence-corrected chi connectivity index (χ0v) is 21.1. The number of nitrogens with two attached hydrogens (primary N) is 1. The summed E-state index contributed by atoms with van der Waals surface area (Å²) in [6.45, 7) is 1.48. The average molecular weight is 538 g/mol. The van der Waals surface area contributed by atoms with Gasteiger partial charge in [0, 0.05) is 0 Å². The van der Waals surface area contributed by atoms with Gasteiger partial charge in [0.05, 0.1) is 27.5 Å². The number of aliphatic hydroxyl groups is 2. The molecule has 4 N–H and O–H groups in total. The minimum atomic E-state index is -4.56. The summed E-state index contributed by atoms with van der Waals surface area (Å²) in [6.07, 6.45) is -1.03.